The Kier molecular flexibility index (Phi) is 4.52. The monoisotopic (exact) mass is 318 g/mol. The first-order valence-electron chi connectivity index (χ1n) is 7.63. The third-order valence-corrected chi connectivity index (χ3v) is 3.53. The topological polar surface area (TPSA) is 70.4 Å². The van der Waals surface area contributed by atoms with Gasteiger partial charge < -0.3 is 5.11 Å². The van der Waals surface area contributed by atoms with Gasteiger partial charge in [0.1, 0.15) is 5.75 Å². The third-order valence-electron chi connectivity index (χ3n) is 3.53. The summed E-state index contributed by atoms with van der Waals surface area (Å²) in [5, 5.41) is 14.4. The first-order valence-corrected chi connectivity index (χ1v) is 7.63. The molecular weight excluding hydrogens is 300 g/mol. The number of rotatable bonds is 4. The fraction of sp³-hybridized carbons (Fsp3) is 0.105. The van der Waals surface area contributed by atoms with Crippen LogP contribution in [-0.4, -0.2) is 20.8 Å². The summed E-state index contributed by atoms with van der Waals surface area (Å²) in [5.41, 5.74) is 6.25. The first kappa shape index (κ1) is 15.7. The van der Waals surface area contributed by atoms with Crippen LogP contribution in [0.25, 0.3) is 11.4 Å². The molecule has 0 aliphatic heterocycles. The maximum absolute atomic E-state index is 9.98. The minimum Gasteiger partial charge on any atom is -0.507 e. The zero-order valence-corrected chi connectivity index (χ0v) is 13.6. The van der Waals surface area contributed by atoms with E-state index in [2.05, 4.69) is 20.5 Å². The molecular formula is C19H18N4O. The molecule has 0 atom stereocenters. The molecule has 0 aliphatic carbocycles. The Bertz CT molecular complexity index is 876. The van der Waals surface area contributed by atoms with Crippen LogP contribution in [0.15, 0.2) is 65.8 Å². The normalized spacial score (nSPS) is 11.3. The second-order valence-corrected chi connectivity index (χ2v) is 5.41. The van der Waals surface area contributed by atoms with E-state index in [9.17, 15) is 5.11 Å². The highest BCUT2D eigenvalue weighted by Crippen LogP contribution is 2.26. The lowest BCUT2D eigenvalue weighted by atomic mass is 10.1. The lowest BCUT2D eigenvalue weighted by Crippen LogP contribution is -2.02. The molecule has 2 N–H and O–H groups in total. The number of nitrogens with one attached hydrogen (secondary N) is 1. The van der Waals surface area contributed by atoms with Gasteiger partial charge in [0.15, 0.2) is 11.6 Å². The number of hydrogen-bond donors (Lipinski definition) is 2. The summed E-state index contributed by atoms with van der Waals surface area (Å²) < 4.78 is 0. The van der Waals surface area contributed by atoms with Gasteiger partial charge in [-0.2, -0.15) is 5.10 Å². The van der Waals surface area contributed by atoms with Crippen molar-refractivity contribution in [3.05, 3.63) is 71.9 Å². The maximum atomic E-state index is 9.98. The number of anilines is 1. The number of phenolic OH excluding ortho intramolecular Hbond substituents is 1. The quantitative estimate of drug-likeness (QED) is 0.563. The van der Waals surface area contributed by atoms with Crippen LogP contribution in [0.5, 0.6) is 5.75 Å². The summed E-state index contributed by atoms with van der Waals surface area (Å²) in [4.78, 5) is 8.83. The van der Waals surface area contributed by atoms with Crippen molar-refractivity contribution in [2.24, 2.45) is 5.10 Å². The molecule has 2 aromatic carbocycles. The van der Waals surface area contributed by atoms with Gasteiger partial charge in [-0.25, -0.2) is 9.97 Å². The van der Waals surface area contributed by atoms with Gasteiger partial charge in [0.2, 0.25) is 0 Å². The molecule has 5 heteroatoms. The van der Waals surface area contributed by atoms with E-state index in [4.69, 9.17) is 0 Å². The number of benzene rings is 2. The number of hydrogen-bond acceptors (Lipinski definition) is 5. The van der Waals surface area contributed by atoms with Gasteiger partial charge in [-0.15, -0.1) is 0 Å². The molecule has 120 valence electrons. The molecule has 5 nitrogen and oxygen atoms in total. The van der Waals surface area contributed by atoms with Crippen LogP contribution in [0.1, 0.15) is 18.2 Å². The molecule has 3 rings (SSSR count). The van der Waals surface area contributed by atoms with Crippen LogP contribution < -0.4 is 5.43 Å². The summed E-state index contributed by atoms with van der Waals surface area (Å²) in [6.07, 6.45) is 0. The Balaban J connectivity index is 1.89. The number of aromatic hydroxyl groups is 1. The molecule has 0 amide bonds. The Morgan fingerprint density at radius 2 is 1.71 bits per heavy atom. The molecule has 1 aromatic heterocycles. The van der Waals surface area contributed by atoms with E-state index in [1.165, 1.54) is 0 Å². The molecule has 0 radical (unpaired) electrons. The molecule has 1 heterocycles. The van der Waals surface area contributed by atoms with E-state index in [1.807, 2.05) is 56.3 Å². The van der Waals surface area contributed by atoms with Crippen LogP contribution in [0.4, 0.5) is 5.82 Å². The van der Waals surface area contributed by atoms with E-state index in [1.54, 1.807) is 18.2 Å². The highest BCUT2D eigenvalue weighted by atomic mass is 16.3. The average Bonchev–Trinajstić information content (AvgIpc) is 2.60. The molecule has 0 saturated heterocycles. The molecule has 3 aromatic rings. The maximum Gasteiger partial charge on any atom is 0.165 e. The predicted octanol–water partition coefficient (Wildman–Crippen LogP) is 3.99. The Morgan fingerprint density at radius 3 is 2.46 bits per heavy atom. The summed E-state index contributed by atoms with van der Waals surface area (Å²) in [6.45, 7) is 3.81. The van der Waals surface area contributed by atoms with Crippen LogP contribution >= 0.6 is 0 Å². The Hall–Kier alpha value is -3.21. The largest absolute Gasteiger partial charge is 0.507 e. The Labute approximate surface area is 140 Å². The van der Waals surface area contributed by atoms with Gasteiger partial charge in [0.25, 0.3) is 0 Å². The van der Waals surface area contributed by atoms with Crippen molar-refractivity contribution in [1.82, 2.24) is 9.97 Å². The Morgan fingerprint density at radius 1 is 1.00 bits per heavy atom. The van der Waals surface area contributed by atoms with Gasteiger partial charge in [0, 0.05) is 11.8 Å². The smallest absolute Gasteiger partial charge is 0.165 e. The molecule has 24 heavy (non-hydrogen) atoms. The number of para-hydroxylation sites is 1. The van der Waals surface area contributed by atoms with Crippen molar-refractivity contribution < 1.29 is 5.11 Å². The molecule has 0 spiro atoms. The minimum absolute atomic E-state index is 0.151. The van der Waals surface area contributed by atoms with E-state index in [0.29, 0.717) is 17.2 Å². The zero-order valence-electron chi connectivity index (χ0n) is 13.6. The average molecular weight is 318 g/mol. The van der Waals surface area contributed by atoms with E-state index >= 15 is 0 Å². The van der Waals surface area contributed by atoms with Crippen molar-refractivity contribution in [3.63, 3.8) is 0 Å². The fourth-order valence-corrected chi connectivity index (χ4v) is 2.29. The highest BCUT2D eigenvalue weighted by Gasteiger charge is 2.08. The molecule has 0 bridgehead atoms. The molecule has 0 aliphatic rings. The lowest BCUT2D eigenvalue weighted by Gasteiger charge is -2.08. The second kappa shape index (κ2) is 6.91. The van der Waals surface area contributed by atoms with Gasteiger partial charge in [-0.3, -0.25) is 5.43 Å². The fourth-order valence-electron chi connectivity index (χ4n) is 2.29. The first-order chi connectivity index (χ1) is 11.6. The van der Waals surface area contributed by atoms with Gasteiger partial charge in [0.05, 0.1) is 11.3 Å². The summed E-state index contributed by atoms with van der Waals surface area (Å²) in [6, 6.07) is 18.7. The highest BCUT2D eigenvalue weighted by molar-refractivity contribution is 5.98. The third kappa shape index (κ3) is 3.57. The number of nitrogens with zero attached hydrogens (tertiary/aromatic N) is 3. The van der Waals surface area contributed by atoms with Gasteiger partial charge in [-0.05, 0) is 31.5 Å². The number of aromatic nitrogens is 2. The number of hydrazone groups is 1. The van der Waals surface area contributed by atoms with E-state index < -0.39 is 0 Å². The SMILES string of the molecule is C/C(=N/Nc1cc(C)nc(-c2ccccc2O)n1)c1ccccc1. The minimum atomic E-state index is 0.151. The van der Waals surface area contributed by atoms with E-state index in [0.717, 1.165) is 17.0 Å². The van der Waals surface area contributed by atoms with E-state index in [-0.39, 0.29) is 5.75 Å². The van der Waals surface area contributed by atoms with Crippen LogP contribution in [-0.2, 0) is 0 Å². The standard InChI is InChI=1S/C19H18N4O/c1-13-12-18(23-22-14(2)15-8-4-3-5-9-15)21-19(20-13)16-10-6-7-11-17(16)24/h3-12,24H,1-2H3,(H,20,21,23)/b22-14-. The van der Waals surface area contributed by atoms with Gasteiger partial charge in [-0.1, -0.05) is 42.5 Å². The van der Waals surface area contributed by atoms with Crippen LogP contribution in [0, 0.1) is 6.92 Å². The predicted molar refractivity (Wildman–Crippen MR) is 96.1 cm³/mol. The van der Waals surface area contributed by atoms with Gasteiger partial charge >= 0.3 is 0 Å². The zero-order chi connectivity index (χ0) is 16.9. The van der Waals surface area contributed by atoms with Crippen LogP contribution in [0.3, 0.4) is 0 Å². The van der Waals surface area contributed by atoms with Crippen molar-refractivity contribution in [2.75, 3.05) is 5.43 Å². The summed E-state index contributed by atoms with van der Waals surface area (Å²) in [5.74, 6) is 1.19. The van der Waals surface area contributed by atoms with Crippen molar-refractivity contribution in [1.29, 1.82) is 0 Å². The summed E-state index contributed by atoms with van der Waals surface area (Å²) >= 11 is 0. The van der Waals surface area contributed by atoms with Crippen molar-refractivity contribution >= 4 is 11.5 Å². The number of aryl methyl sites for hydroxylation is 1. The molecule has 0 unspecified atom stereocenters. The van der Waals surface area contributed by atoms with Crippen LogP contribution in [0.2, 0.25) is 0 Å². The van der Waals surface area contributed by atoms with Crippen molar-refractivity contribution in [2.45, 2.75) is 13.8 Å². The van der Waals surface area contributed by atoms with Crippen molar-refractivity contribution in [3.8, 4) is 17.1 Å². The second-order valence-electron chi connectivity index (χ2n) is 5.41. The molecule has 0 saturated carbocycles. The summed E-state index contributed by atoms with van der Waals surface area (Å²) in [7, 11) is 0. The number of phenols is 1. The lowest BCUT2D eigenvalue weighted by molar-refractivity contribution is 0.477. The molecule has 0 fully saturated rings.